The maximum atomic E-state index is 12.0. The van der Waals surface area contributed by atoms with Gasteiger partial charge in [-0.3, -0.25) is 4.79 Å². The van der Waals surface area contributed by atoms with Crippen molar-refractivity contribution in [1.82, 2.24) is 0 Å². The zero-order valence-corrected chi connectivity index (χ0v) is 14.9. The fourth-order valence-corrected chi connectivity index (χ4v) is 5.26. The first kappa shape index (κ1) is 16.7. The van der Waals surface area contributed by atoms with Crippen LogP contribution in [0.5, 0.6) is 0 Å². The second-order valence-electron chi connectivity index (χ2n) is 5.84. The number of nitrogens with zero attached hydrogens (tertiary/aromatic N) is 1. The van der Waals surface area contributed by atoms with Crippen molar-refractivity contribution in [2.75, 3.05) is 30.5 Å². The maximum Gasteiger partial charge on any atom is 0.174 e. The number of ketones is 1. The predicted molar refractivity (Wildman–Crippen MR) is 95.0 cm³/mol. The van der Waals surface area contributed by atoms with Crippen LogP contribution in [0.15, 0.2) is 4.90 Å². The molecular weight excluding hydrogens is 300 g/mol. The molecule has 0 radical (unpaired) electrons. The highest BCUT2D eigenvalue weighted by Crippen LogP contribution is 2.44. The third-order valence-corrected chi connectivity index (χ3v) is 6.58. The number of Topliss-reactive ketones (excluding diaryl/α,β-unsaturated/α-hetero) is 1. The van der Waals surface area contributed by atoms with E-state index in [1.54, 1.807) is 23.1 Å². The Labute approximate surface area is 136 Å². The number of hydrogen-bond donors (Lipinski definition) is 1. The Kier molecular flexibility index (Phi) is 5.99. The zero-order chi connectivity index (χ0) is 15.4. The van der Waals surface area contributed by atoms with E-state index in [4.69, 9.17) is 5.73 Å². The van der Waals surface area contributed by atoms with Crippen LogP contribution in [0.25, 0.3) is 0 Å². The number of rotatable bonds is 6. The lowest BCUT2D eigenvalue weighted by atomic mass is 9.89. The molecule has 1 aliphatic rings. The lowest BCUT2D eigenvalue weighted by molar-refractivity contribution is 0.0992. The third kappa shape index (κ3) is 3.75. The Morgan fingerprint density at radius 2 is 2.05 bits per heavy atom. The molecule has 2 N–H and O–H groups in total. The summed E-state index contributed by atoms with van der Waals surface area (Å²) in [6, 6.07) is 0. The maximum absolute atomic E-state index is 12.0. The van der Waals surface area contributed by atoms with Crippen molar-refractivity contribution in [3.05, 3.63) is 4.88 Å². The normalized spacial score (nSPS) is 16.1. The van der Waals surface area contributed by atoms with E-state index in [9.17, 15) is 4.79 Å². The van der Waals surface area contributed by atoms with E-state index < -0.39 is 0 Å². The van der Waals surface area contributed by atoms with Crippen molar-refractivity contribution in [2.45, 2.75) is 50.3 Å². The van der Waals surface area contributed by atoms with Crippen LogP contribution in [0.4, 0.5) is 10.7 Å². The zero-order valence-electron chi connectivity index (χ0n) is 13.3. The number of nitrogen functional groups attached to an aromatic ring is 1. The standard InChI is InChI=1S/C16H26N2OS2/c1-4-12(19)14-13(17)15(20-3)16(21-14)18(2)10-11-8-6-5-7-9-11/h11H,4-10,17H2,1-3H3. The summed E-state index contributed by atoms with van der Waals surface area (Å²) in [7, 11) is 2.14. The first-order chi connectivity index (χ1) is 10.1. The van der Waals surface area contributed by atoms with E-state index in [1.807, 2.05) is 13.2 Å². The Bertz CT molecular complexity index is 493. The van der Waals surface area contributed by atoms with Gasteiger partial charge < -0.3 is 10.6 Å². The highest BCUT2D eigenvalue weighted by atomic mass is 32.2. The lowest BCUT2D eigenvalue weighted by Gasteiger charge is -2.28. The molecule has 0 atom stereocenters. The van der Waals surface area contributed by atoms with Gasteiger partial charge in [-0.2, -0.15) is 0 Å². The molecule has 1 aromatic rings. The van der Waals surface area contributed by atoms with E-state index in [1.165, 1.54) is 37.1 Å². The second kappa shape index (κ2) is 7.54. The van der Waals surface area contributed by atoms with Gasteiger partial charge in [-0.15, -0.1) is 23.1 Å². The summed E-state index contributed by atoms with van der Waals surface area (Å²) in [6.07, 6.45) is 9.33. The van der Waals surface area contributed by atoms with Crippen LogP contribution in [-0.2, 0) is 0 Å². The molecule has 0 spiro atoms. The Hall–Kier alpha value is -0.680. The van der Waals surface area contributed by atoms with Crippen molar-refractivity contribution in [3.63, 3.8) is 0 Å². The van der Waals surface area contributed by atoms with Crippen molar-refractivity contribution in [2.24, 2.45) is 5.92 Å². The van der Waals surface area contributed by atoms with Crippen molar-refractivity contribution in [1.29, 1.82) is 0 Å². The van der Waals surface area contributed by atoms with Gasteiger partial charge in [0.25, 0.3) is 0 Å². The molecule has 0 bridgehead atoms. The van der Waals surface area contributed by atoms with Crippen LogP contribution >= 0.6 is 23.1 Å². The van der Waals surface area contributed by atoms with Crippen LogP contribution in [0.2, 0.25) is 0 Å². The Morgan fingerprint density at radius 1 is 1.38 bits per heavy atom. The summed E-state index contributed by atoms with van der Waals surface area (Å²) >= 11 is 3.22. The van der Waals surface area contributed by atoms with E-state index in [0.29, 0.717) is 12.1 Å². The van der Waals surface area contributed by atoms with Crippen molar-refractivity contribution in [3.8, 4) is 0 Å². The van der Waals surface area contributed by atoms with Gasteiger partial charge in [-0.1, -0.05) is 26.2 Å². The molecule has 5 heteroatoms. The van der Waals surface area contributed by atoms with Crippen molar-refractivity contribution < 1.29 is 4.79 Å². The number of carbonyl (C=O) groups excluding carboxylic acids is 1. The van der Waals surface area contributed by atoms with Crippen LogP contribution in [0, 0.1) is 5.92 Å². The molecule has 118 valence electrons. The van der Waals surface area contributed by atoms with Gasteiger partial charge >= 0.3 is 0 Å². The monoisotopic (exact) mass is 326 g/mol. The highest BCUT2D eigenvalue weighted by Gasteiger charge is 2.23. The molecule has 1 aromatic heterocycles. The molecule has 0 saturated heterocycles. The molecule has 0 unspecified atom stereocenters. The minimum Gasteiger partial charge on any atom is -0.396 e. The first-order valence-electron chi connectivity index (χ1n) is 7.79. The molecular formula is C16H26N2OS2. The van der Waals surface area contributed by atoms with Gasteiger partial charge in [0.05, 0.1) is 15.5 Å². The Morgan fingerprint density at radius 3 is 2.62 bits per heavy atom. The average molecular weight is 327 g/mol. The molecule has 0 amide bonds. The minimum absolute atomic E-state index is 0.158. The van der Waals surface area contributed by atoms with E-state index in [0.717, 1.165) is 22.2 Å². The van der Waals surface area contributed by atoms with Crippen LogP contribution in [0.1, 0.15) is 55.1 Å². The van der Waals surface area contributed by atoms with Gasteiger partial charge in [-0.25, -0.2) is 0 Å². The summed E-state index contributed by atoms with van der Waals surface area (Å²) in [5.41, 5.74) is 6.89. The number of nitrogens with two attached hydrogens (primary N) is 1. The predicted octanol–water partition coefficient (Wildman–Crippen LogP) is 4.66. The quantitative estimate of drug-likeness (QED) is 0.610. The molecule has 2 rings (SSSR count). The van der Waals surface area contributed by atoms with Gasteiger partial charge in [0.2, 0.25) is 0 Å². The first-order valence-corrected chi connectivity index (χ1v) is 9.83. The van der Waals surface area contributed by atoms with Crippen LogP contribution in [0.3, 0.4) is 0 Å². The summed E-state index contributed by atoms with van der Waals surface area (Å²) in [4.78, 5) is 16.2. The number of carbonyl (C=O) groups is 1. The summed E-state index contributed by atoms with van der Waals surface area (Å²) in [6.45, 7) is 2.97. The molecule has 1 aliphatic carbocycles. The van der Waals surface area contributed by atoms with Crippen molar-refractivity contribution >= 4 is 39.6 Å². The van der Waals surface area contributed by atoms with Gasteiger partial charge in [0.1, 0.15) is 5.00 Å². The van der Waals surface area contributed by atoms with Crippen LogP contribution < -0.4 is 10.6 Å². The third-order valence-electron chi connectivity index (χ3n) is 4.26. The van der Waals surface area contributed by atoms with E-state index in [2.05, 4.69) is 11.9 Å². The molecule has 3 nitrogen and oxygen atoms in total. The molecule has 0 aliphatic heterocycles. The largest absolute Gasteiger partial charge is 0.396 e. The number of thioether (sulfide) groups is 1. The number of anilines is 2. The molecule has 1 heterocycles. The summed E-state index contributed by atoms with van der Waals surface area (Å²) in [5, 5.41) is 1.17. The highest BCUT2D eigenvalue weighted by molar-refractivity contribution is 7.99. The van der Waals surface area contributed by atoms with Gasteiger partial charge in [-0.05, 0) is 25.0 Å². The lowest BCUT2D eigenvalue weighted by Crippen LogP contribution is -2.26. The van der Waals surface area contributed by atoms with E-state index in [-0.39, 0.29) is 5.78 Å². The minimum atomic E-state index is 0.158. The molecule has 1 saturated carbocycles. The topological polar surface area (TPSA) is 46.3 Å². The fraction of sp³-hybridized carbons (Fsp3) is 0.688. The van der Waals surface area contributed by atoms with E-state index >= 15 is 0 Å². The van der Waals surface area contributed by atoms with Gasteiger partial charge in [0.15, 0.2) is 5.78 Å². The van der Waals surface area contributed by atoms with Gasteiger partial charge in [0, 0.05) is 20.0 Å². The number of hydrogen-bond acceptors (Lipinski definition) is 5. The second-order valence-corrected chi connectivity index (χ2v) is 7.66. The molecule has 21 heavy (non-hydrogen) atoms. The smallest absolute Gasteiger partial charge is 0.174 e. The van der Waals surface area contributed by atoms with Crippen LogP contribution in [-0.4, -0.2) is 25.6 Å². The molecule has 1 fully saturated rings. The molecule has 0 aromatic carbocycles. The SMILES string of the molecule is CCC(=O)c1sc(N(C)CC2CCCCC2)c(SC)c1N. The number of thiophene rings is 1. The average Bonchev–Trinajstić information content (AvgIpc) is 2.84. The summed E-state index contributed by atoms with van der Waals surface area (Å²) < 4.78 is 0. The fourth-order valence-electron chi connectivity index (χ4n) is 3.07. The summed E-state index contributed by atoms with van der Waals surface area (Å²) in [5.74, 6) is 0.942. The Balaban J connectivity index is 2.19.